The first kappa shape index (κ1) is 18.5. The number of nitrogens with one attached hydrogen (secondary N) is 1. The Morgan fingerprint density at radius 3 is 2.73 bits per heavy atom. The van der Waals surface area contributed by atoms with Crippen LogP contribution in [-0.2, 0) is 11.3 Å². The lowest BCUT2D eigenvalue weighted by Gasteiger charge is -2.32. The number of amides is 1. The maximum absolute atomic E-state index is 11.8. The van der Waals surface area contributed by atoms with Crippen LogP contribution in [0.15, 0.2) is 42.6 Å². The molecule has 1 aliphatic heterocycles. The Balaban J connectivity index is 1.32. The molecular weight excluding hydrogens is 352 g/mol. The van der Waals surface area contributed by atoms with Crippen molar-refractivity contribution in [2.24, 2.45) is 5.92 Å². The number of benzene rings is 1. The van der Waals surface area contributed by atoms with Gasteiger partial charge in [-0.1, -0.05) is 30.3 Å². The molecule has 1 aromatic heterocycles. The number of carbonyl (C=O) groups is 1. The van der Waals surface area contributed by atoms with Crippen molar-refractivity contribution in [3.05, 3.63) is 53.4 Å². The first-order valence-corrected chi connectivity index (χ1v) is 9.26. The van der Waals surface area contributed by atoms with Crippen LogP contribution in [0.5, 0.6) is 0 Å². The molecule has 7 heteroatoms. The molecule has 6 nitrogen and oxygen atoms in total. The number of anilines is 1. The summed E-state index contributed by atoms with van der Waals surface area (Å²) in [5, 5.41) is 3.12. The number of hydrogen-bond acceptors (Lipinski definition) is 5. The van der Waals surface area contributed by atoms with Crippen molar-refractivity contribution in [2.75, 3.05) is 24.5 Å². The van der Waals surface area contributed by atoms with Gasteiger partial charge in [0, 0.05) is 25.8 Å². The van der Waals surface area contributed by atoms with Gasteiger partial charge in [0.05, 0.1) is 0 Å². The van der Waals surface area contributed by atoms with Gasteiger partial charge in [-0.05, 0) is 48.4 Å². The third-order valence-electron chi connectivity index (χ3n) is 4.58. The van der Waals surface area contributed by atoms with Gasteiger partial charge in [0.1, 0.15) is 12.4 Å². The highest BCUT2D eigenvalue weighted by atomic mass is 35.5. The zero-order valence-electron chi connectivity index (χ0n) is 14.6. The van der Waals surface area contributed by atoms with E-state index in [1.165, 1.54) is 0 Å². The molecule has 1 N–H and O–H groups in total. The van der Waals surface area contributed by atoms with Crippen LogP contribution in [0.2, 0.25) is 5.28 Å². The molecule has 1 aliphatic rings. The Labute approximate surface area is 158 Å². The Morgan fingerprint density at radius 2 is 2.00 bits per heavy atom. The zero-order chi connectivity index (χ0) is 18.2. The normalized spacial score (nSPS) is 14.9. The Kier molecular flexibility index (Phi) is 6.66. The average molecular weight is 375 g/mol. The Bertz CT molecular complexity index is 706. The summed E-state index contributed by atoms with van der Waals surface area (Å²) in [4.78, 5) is 22.2. The van der Waals surface area contributed by atoms with E-state index < -0.39 is 0 Å². The van der Waals surface area contributed by atoms with Crippen LogP contribution in [-0.4, -0.2) is 35.7 Å². The maximum atomic E-state index is 11.8. The van der Waals surface area contributed by atoms with Gasteiger partial charge in [-0.2, -0.15) is 0 Å². The Morgan fingerprint density at radius 1 is 1.23 bits per heavy atom. The van der Waals surface area contributed by atoms with Crippen molar-refractivity contribution in [3.8, 4) is 0 Å². The van der Waals surface area contributed by atoms with Crippen molar-refractivity contribution in [3.63, 3.8) is 0 Å². The summed E-state index contributed by atoms with van der Waals surface area (Å²) < 4.78 is 5.22. The number of carbonyl (C=O) groups excluding carboxylic acids is 1. The maximum Gasteiger partial charge on any atom is 0.407 e. The predicted molar refractivity (Wildman–Crippen MR) is 101 cm³/mol. The van der Waals surface area contributed by atoms with E-state index in [4.69, 9.17) is 16.3 Å². The van der Waals surface area contributed by atoms with Crippen LogP contribution in [0.25, 0.3) is 0 Å². The molecule has 0 bridgehead atoms. The molecule has 0 unspecified atom stereocenters. The van der Waals surface area contributed by atoms with Crippen LogP contribution in [0.4, 0.5) is 10.6 Å². The van der Waals surface area contributed by atoms with Gasteiger partial charge in [-0.25, -0.2) is 14.8 Å². The van der Waals surface area contributed by atoms with Crippen molar-refractivity contribution in [1.82, 2.24) is 15.3 Å². The van der Waals surface area contributed by atoms with Gasteiger partial charge < -0.3 is 15.0 Å². The minimum atomic E-state index is -0.359. The van der Waals surface area contributed by atoms with E-state index in [0.29, 0.717) is 19.1 Å². The number of piperidine rings is 1. The topological polar surface area (TPSA) is 67.4 Å². The number of halogens is 1. The smallest absolute Gasteiger partial charge is 0.407 e. The van der Waals surface area contributed by atoms with Gasteiger partial charge in [-0.3, -0.25) is 0 Å². The fraction of sp³-hybridized carbons (Fsp3) is 0.421. The molecule has 26 heavy (non-hydrogen) atoms. The second kappa shape index (κ2) is 9.38. The molecule has 0 saturated carbocycles. The summed E-state index contributed by atoms with van der Waals surface area (Å²) in [6, 6.07) is 11.6. The van der Waals surface area contributed by atoms with Crippen LogP contribution in [0, 0.1) is 5.92 Å². The highest BCUT2D eigenvalue weighted by Crippen LogP contribution is 2.24. The third kappa shape index (κ3) is 5.59. The predicted octanol–water partition coefficient (Wildman–Crippen LogP) is 3.66. The van der Waals surface area contributed by atoms with E-state index >= 15 is 0 Å². The standard InChI is InChI=1S/C19H23ClN4O2/c20-18-21-11-7-17(23-18)24-12-8-15(9-13-24)6-10-22-19(25)26-14-16-4-2-1-3-5-16/h1-5,7,11,15H,6,8-10,12-14H2,(H,22,25). The fourth-order valence-corrected chi connectivity index (χ4v) is 3.25. The molecule has 0 aliphatic carbocycles. The summed E-state index contributed by atoms with van der Waals surface area (Å²) in [5.41, 5.74) is 0.986. The summed E-state index contributed by atoms with van der Waals surface area (Å²) >= 11 is 5.85. The lowest BCUT2D eigenvalue weighted by atomic mass is 9.93. The summed E-state index contributed by atoms with van der Waals surface area (Å²) in [5.74, 6) is 1.48. The highest BCUT2D eigenvalue weighted by Gasteiger charge is 2.20. The monoisotopic (exact) mass is 374 g/mol. The number of hydrogen-bond donors (Lipinski definition) is 1. The summed E-state index contributed by atoms with van der Waals surface area (Å²) in [6.45, 7) is 2.82. The van der Waals surface area contributed by atoms with Crippen molar-refractivity contribution < 1.29 is 9.53 Å². The quantitative estimate of drug-likeness (QED) is 0.781. The van der Waals surface area contributed by atoms with Crippen LogP contribution in [0.3, 0.4) is 0 Å². The molecule has 1 saturated heterocycles. The molecule has 0 atom stereocenters. The zero-order valence-corrected chi connectivity index (χ0v) is 15.4. The van der Waals surface area contributed by atoms with Crippen LogP contribution in [0.1, 0.15) is 24.8 Å². The van der Waals surface area contributed by atoms with E-state index in [9.17, 15) is 4.79 Å². The van der Waals surface area contributed by atoms with E-state index in [-0.39, 0.29) is 11.4 Å². The van der Waals surface area contributed by atoms with Gasteiger partial charge in [0.25, 0.3) is 0 Å². The van der Waals surface area contributed by atoms with E-state index in [0.717, 1.165) is 43.7 Å². The first-order valence-electron chi connectivity index (χ1n) is 8.89. The van der Waals surface area contributed by atoms with Gasteiger partial charge in [0.2, 0.25) is 5.28 Å². The molecule has 138 valence electrons. The Hall–Kier alpha value is -2.34. The van der Waals surface area contributed by atoms with Crippen molar-refractivity contribution in [1.29, 1.82) is 0 Å². The minimum absolute atomic E-state index is 0.280. The van der Waals surface area contributed by atoms with Crippen molar-refractivity contribution in [2.45, 2.75) is 25.9 Å². The van der Waals surface area contributed by atoms with E-state index in [1.807, 2.05) is 36.4 Å². The number of nitrogens with zero attached hydrogens (tertiary/aromatic N) is 3. The van der Waals surface area contributed by atoms with Crippen molar-refractivity contribution >= 4 is 23.5 Å². The number of alkyl carbamates (subject to hydrolysis) is 1. The molecule has 0 spiro atoms. The number of rotatable bonds is 6. The molecular formula is C19H23ClN4O2. The second-order valence-electron chi connectivity index (χ2n) is 6.39. The molecule has 0 radical (unpaired) electrons. The van der Waals surface area contributed by atoms with Crippen LogP contribution < -0.4 is 10.2 Å². The third-order valence-corrected chi connectivity index (χ3v) is 4.77. The lowest BCUT2D eigenvalue weighted by molar-refractivity contribution is 0.139. The largest absolute Gasteiger partial charge is 0.445 e. The van der Waals surface area contributed by atoms with Gasteiger partial charge in [0.15, 0.2) is 0 Å². The number of aromatic nitrogens is 2. The molecule has 2 heterocycles. The van der Waals surface area contributed by atoms with Gasteiger partial charge in [-0.15, -0.1) is 0 Å². The summed E-state index contributed by atoms with van der Waals surface area (Å²) in [6.07, 6.45) is 4.42. The first-order chi connectivity index (χ1) is 12.7. The summed E-state index contributed by atoms with van der Waals surface area (Å²) in [7, 11) is 0. The lowest BCUT2D eigenvalue weighted by Crippen LogP contribution is -2.35. The molecule has 3 rings (SSSR count). The van der Waals surface area contributed by atoms with Gasteiger partial charge >= 0.3 is 6.09 Å². The molecule has 1 aromatic carbocycles. The molecule has 1 fully saturated rings. The fourth-order valence-electron chi connectivity index (χ4n) is 3.11. The minimum Gasteiger partial charge on any atom is -0.445 e. The second-order valence-corrected chi connectivity index (χ2v) is 6.73. The average Bonchev–Trinajstić information content (AvgIpc) is 2.68. The molecule has 1 amide bonds. The molecule has 2 aromatic rings. The number of ether oxygens (including phenoxy) is 1. The van der Waals surface area contributed by atoms with E-state index in [1.54, 1.807) is 6.20 Å². The van der Waals surface area contributed by atoms with E-state index in [2.05, 4.69) is 20.2 Å². The SMILES string of the molecule is O=C(NCCC1CCN(c2ccnc(Cl)n2)CC1)OCc1ccccc1. The van der Waals surface area contributed by atoms with Crippen LogP contribution >= 0.6 is 11.6 Å². The highest BCUT2D eigenvalue weighted by molar-refractivity contribution is 6.28.